The van der Waals surface area contributed by atoms with Gasteiger partial charge < -0.3 is 5.73 Å². The fourth-order valence-electron chi connectivity index (χ4n) is 5.13. The summed E-state index contributed by atoms with van der Waals surface area (Å²) < 4.78 is 0. The Balaban J connectivity index is 2.04. The van der Waals surface area contributed by atoms with Crippen LogP contribution in [0.3, 0.4) is 0 Å². The third-order valence-corrected chi connectivity index (χ3v) is 6.70. The van der Waals surface area contributed by atoms with E-state index < -0.39 is 11.3 Å². The number of fused-ring (bicyclic) bond motifs is 4. The molecule has 0 radical (unpaired) electrons. The summed E-state index contributed by atoms with van der Waals surface area (Å²) in [5.41, 5.74) is 6.86. The zero-order valence-corrected chi connectivity index (χ0v) is 15.6. The summed E-state index contributed by atoms with van der Waals surface area (Å²) in [5.74, 6) is -0.601. The molecule has 0 amide bonds. The predicted octanol–water partition coefficient (Wildman–Crippen LogP) is 3.23. The van der Waals surface area contributed by atoms with Gasteiger partial charge in [0.2, 0.25) is 0 Å². The van der Waals surface area contributed by atoms with Crippen LogP contribution in [0.4, 0.5) is 0 Å². The molecule has 1 aromatic carbocycles. The summed E-state index contributed by atoms with van der Waals surface area (Å²) in [4.78, 5) is 2.30. The highest BCUT2D eigenvalue weighted by atomic mass is 35.5. The first kappa shape index (κ1) is 17.6. The normalized spacial score (nSPS) is 31.3. The number of hydrogen-bond donors (Lipinski definition) is 1. The predicted molar refractivity (Wildman–Crippen MR) is 101 cm³/mol. The van der Waals surface area contributed by atoms with Gasteiger partial charge in [0.1, 0.15) is 6.07 Å². The van der Waals surface area contributed by atoms with Crippen LogP contribution in [0.15, 0.2) is 47.2 Å². The maximum atomic E-state index is 10.1. The summed E-state index contributed by atoms with van der Waals surface area (Å²) in [6.45, 7) is 0. The van der Waals surface area contributed by atoms with Gasteiger partial charge in [0.15, 0.2) is 5.41 Å². The van der Waals surface area contributed by atoms with Crippen LogP contribution in [0.25, 0.3) is 0 Å². The first-order valence-electron chi connectivity index (χ1n) is 8.90. The fraction of sp³-hybridized carbons (Fsp3) is 0.381. The standard InChI is InChI=1S/C21H18ClN5/c1-27-14-6-7-17(27)18-15(8-14)16(9-23)20(26)21(10-24,11-25)19(18)12-2-4-13(22)5-3-12/h2-5,8,14,17-19H,6-7,26H2,1H3/t14-,17+,18-,19-/m1/s1. The number of nitriles is 3. The number of benzene rings is 1. The van der Waals surface area contributed by atoms with Crippen molar-refractivity contribution >= 4 is 11.6 Å². The Hall–Kier alpha value is -2.78. The Morgan fingerprint density at radius 1 is 1.15 bits per heavy atom. The molecule has 2 bridgehead atoms. The van der Waals surface area contributed by atoms with Gasteiger partial charge in [0.05, 0.1) is 23.4 Å². The van der Waals surface area contributed by atoms with E-state index in [1.807, 2.05) is 12.1 Å². The quantitative estimate of drug-likeness (QED) is 0.812. The van der Waals surface area contributed by atoms with Crippen molar-refractivity contribution < 1.29 is 0 Å². The number of nitrogens with two attached hydrogens (primary N) is 1. The van der Waals surface area contributed by atoms with Crippen molar-refractivity contribution in [1.82, 2.24) is 4.90 Å². The molecule has 1 fully saturated rings. The van der Waals surface area contributed by atoms with Crippen molar-refractivity contribution in [3.05, 3.63) is 57.8 Å². The first-order chi connectivity index (χ1) is 13.0. The average Bonchev–Trinajstić information content (AvgIpc) is 2.91. The molecule has 4 rings (SSSR count). The molecule has 1 saturated heterocycles. The molecule has 2 heterocycles. The molecule has 0 unspecified atom stereocenters. The highest BCUT2D eigenvalue weighted by molar-refractivity contribution is 6.30. The molecule has 3 aliphatic rings. The highest BCUT2D eigenvalue weighted by Crippen LogP contribution is 2.58. The van der Waals surface area contributed by atoms with Gasteiger partial charge in [-0.05, 0) is 43.2 Å². The van der Waals surface area contributed by atoms with Crippen molar-refractivity contribution in [3.63, 3.8) is 0 Å². The molecule has 27 heavy (non-hydrogen) atoms. The topological polar surface area (TPSA) is 101 Å². The monoisotopic (exact) mass is 375 g/mol. The molecule has 2 aliphatic heterocycles. The van der Waals surface area contributed by atoms with Gasteiger partial charge in [0, 0.05) is 28.9 Å². The van der Waals surface area contributed by atoms with E-state index in [0.29, 0.717) is 10.6 Å². The van der Waals surface area contributed by atoms with E-state index >= 15 is 0 Å². The van der Waals surface area contributed by atoms with E-state index in [1.165, 1.54) is 0 Å². The van der Waals surface area contributed by atoms with Gasteiger partial charge in [0.25, 0.3) is 0 Å². The Morgan fingerprint density at radius 2 is 1.81 bits per heavy atom. The minimum absolute atomic E-state index is 0.0707. The lowest BCUT2D eigenvalue weighted by molar-refractivity contribution is 0.160. The molecule has 5 nitrogen and oxygen atoms in total. The van der Waals surface area contributed by atoms with Gasteiger partial charge in [-0.3, -0.25) is 4.90 Å². The Bertz CT molecular complexity index is 971. The summed E-state index contributed by atoms with van der Waals surface area (Å²) >= 11 is 6.06. The zero-order chi connectivity index (χ0) is 19.3. The lowest BCUT2D eigenvalue weighted by atomic mass is 9.56. The second-order valence-electron chi connectivity index (χ2n) is 7.49. The molecule has 2 N–H and O–H groups in total. The lowest BCUT2D eigenvalue weighted by Crippen LogP contribution is -2.51. The van der Waals surface area contributed by atoms with Gasteiger partial charge in [-0.25, -0.2) is 0 Å². The molecule has 1 aliphatic carbocycles. The van der Waals surface area contributed by atoms with Crippen molar-refractivity contribution in [2.24, 2.45) is 17.1 Å². The van der Waals surface area contributed by atoms with E-state index in [1.54, 1.807) is 12.1 Å². The summed E-state index contributed by atoms with van der Waals surface area (Å²) in [7, 11) is 2.07. The number of rotatable bonds is 1. The smallest absolute Gasteiger partial charge is 0.191 e. The van der Waals surface area contributed by atoms with E-state index in [2.05, 4.69) is 36.2 Å². The Kier molecular flexibility index (Phi) is 4.01. The molecular formula is C21H18ClN5. The van der Waals surface area contributed by atoms with Crippen LogP contribution in [0, 0.1) is 45.3 Å². The molecule has 134 valence electrons. The van der Waals surface area contributed by atoms with Crippen molar-refractivity contribution in [3.8, 4) is 18.2 Å². The van der Waals surface area contributed by atoms with Crippen molar-refractivity contribution in [1.29, 1.82) is 15.8 Å². The van der Waals surface area contributed by atoms with E-state index in [-0.39, 0.29) is 23.7 Å². The number of nitrogens with zero attached hydrogens (tertiary/aromatic N) is 4. The average molecular weight is 376 g/mol. The van der Waals surface area contributed by atoms with Crippen LogP contribution < -0.4 is 5.73 Å². The van der Waals surface area contributed by atoms with E-state index in [4.69, 9.17) is 17.3 Å². The number of halogens is 1. The van der Waals surface area contributed by atoms with Crippen molar-refractivity contribution in [2.75, 3.05) is 7.05 Å². The van der Waals surface area contributed by atoms with Crippen LogP contribution in [-0.2, 0) is 0 Å². The van der Waals surface area contributed by atoms with Gasteiger partial charge >= 0.3 is 0 Å². The zero-order valence-electron chi connectivity index (χ0n) is 14.9. The fourth-order valence-corrected chi connectivity index (χ4v) is 5.26. The van der Waals surface area contributed by atoms with Crippen LogP contribution in [0.1, 0.15) is 24.3 Å². The van der Waals surface area contributed by atoms with Crippen LogP contribution in [0.2, 0.25) is 5.02 Å². The van der Waals surface area contributed by atoms with Crippen LogP contribution in [-0.4, -0.2) is 24.0 Å². The Morgan fingerprint density at radius 3 is 2.41 bits per heavy atom. The largest absolute Gasteiger partial charge is 0.399 e. The molecule has 4 atom stereocenters. The number of likely N-dealkylation sites (N-methyl/N-ethyl adjacent to an activating group) is 1. The highest BCUT2D eigenvalue weighted by Gasteiger charge is 2.58. The maximum absolute atomic E-state index is 10.1. The minimum atomic E-state index is -1.59. The molecular weight excluding hydrogens is 358 g/mol. The van der Waals surface area contributed by atoms with Gasteiger partial charge in [-0.2, -0.15) is 15.8 Å². The second-order valence-corrected chi connectivity index (χ2v) is 7.92. The number of allylic oxidation sites excluding steroid dienone is 2. The summed E-state index contributed by atoms with van der Waals surface area (Å²) in [6, 6.07) is 14.2. The molecule has 1 aromatic rings. The summed E-state index contributed by atoms with van der Waals surface area (Å²) in [5, 5.41) is 30.6. The SMILES string of the molecule is CN1[C@H]2C=C3C(C#N)=C(N)C(C#N)(C#N)[C@H](c4ccc(Cl)cc4)[C@H]3[C@@H]1CC2. The Labute approximate surface area is 163 Å². The van der Waals surface area contributed by atoms with Crippen molar-refractivity contribution in [2.45, 2.75) is 30.8 Å². The van der Waals surface area contributed by atoms with E-state index in [9.17, 15) is 15.8 Å². The molecule has 0 saturated carbocycles. The lowest BCUT2D eigenvalue weighted by Gasteiger charge is -2.48. The van der Waals surface area contributed by atoms with Crippen LogP contribution in [0.5, 0.6) is 0 Å². The molecule has 6 heteroatoms. The minimum Gasteiger partial charge on any atom is -0.399 e. The third-order valence-electron chi connectivity index (χ3n) is 6.45. The third kappa shape index (κ3) is 2.25. The van der Waals surface area contributed by atoms with Gasteiger partial charge in [-0.15, -0.1) is 0 Å². The maximum Gasteiger partial charge on any atom is 0.191 e. The first-order valence-corrected chi connectivity index (χ1v) is 9.28. The summed E-state index contributed by atoms with van der Waals surface area (Å²) in [6.07, 6.45) is 4.07. The van der Waals surface area contributed by atoms with E-state index in [0.717, 1.165) is 24.0 Å². The molecule has 0 aromatic heterocycles. The van der Waals surface area contributed by atoms with Crippen LogP contribution >= 0.6 is 11.6 Å². The number of hydrogen-bond acceptors (Lipinski definition) is 5. The van der Waals surface area contributed by atoms with Gasteiger partial charge in [-0.1, -0.05) is 29.8 Å². The second kappa shape index (κ2) is 6.14. The molecule has 0 spiro atoms.